The highest BCUT2D eigenvalue weighted by Gasteiger charge is 2.69. The van der Waals surface area contributed by atoms with E-state index in [-0.39, 0.29) is 64.1 Å². The Kier molecular flexibility index (Phi) is 11.5. The molecule has 3 heterocycles. The van der Waals surface area contributed by atoms with Crippen molar-refractivity contribution in [3.05, 3.63) is 111 Å². The van der Waals surface area contributed by atoms with Crippen LogP contribution in [0.4, 0.5) is 0 Å². The highest BCUT2D eigenvalue weighted by Crippen LogP contribution is 2.74. The summed E-state index contributed by atoms with van der Waals surface area (Å²) in [4.78, 5) is 43.5. The Labute approximate surface area is 397 Å². The van der Waals surface area contributed by atoms with Gasteiger partial charge in [-0.2, -0.15) is 0 Å². The molecule has 6 bridgehead atoms. The number of allylic oxidation sites excluding steroid dienone is 6. The molecule has 6 aliphatic carbocycles. The van der Waals surface area contributed by atoms with Crippen LogP contribution >= 0.6 is 21.6 Å². The summed E-state index contributed by atoms with van der Waals surface area (Å²) in [5.41, 5.74) is -0.644. The predicted molar refractivity (Wildman–Crippen MR) is 252 cm³/mol. The van der Waals surface area contributed by atoms with Gasteiger partial charge in [0.25, 0.3) is 0 Å². The SMILES string of the molecule is O=C[C@@H]1CC2(CCCC2)C[C@]12C[C@H]1CCC3=C4C=C(NCSSC[C@]56C(=O)c7c(cccc7C(=O)[C@H]5C=C(Cc5cccc(CO)c5)C=C6O)O[C@@H]5O[C@H](CO)[C@@H](O)[C@@](O)(C[C@@]41C2)[C@H]5O)NC3. The number of hydrogen-bond donors (Lipinski definition) is 8. The van der Waals surface area contributed by atoms with E-state index in [4.69, 9.17) is 9.47 Å². The number of aldehydes is 1. The molecule has 11 rings (SSSR count). The van der Waals surface area contributed by atoms with Gasteiger partial charge in [-0.15, -0.1) is 0 Å². The van der Waals surface area contributed by atoms with Crippen LogP contribution in [-0.2, 0) is 22.6 Å². The second-order valence-corrected chi connectivity index (χ2v) is 23.7. The molecule has 4 spiro atoms. The van der Waals surface area contributed by atoms with E-state index in [0.29, 0.717) is 30.8 Å². The smallest absolute Gasteiger partial charge is 0.229 e. The molecule has 67 heavy (non-hydrogen) atoms. The van der Waals surface area contributed by atoms with E-state index in [9.17, 15) is 40.2 Å². The summed E-state index contributed by atoms with van der Waals surface area (Å²) in [6.07, 6.45) is 9.35. The third-order valence-electron chi connectivity index (χ3n) is 17.7. The number of aliphatic hydroxyl groups excluding tert-OH is 5. The van der Waals surface area contributed by atoms with E-state index in [1.807, 2.05) is 24.3 Å². The Bertz CT molecular complexity index is 2520. The van der Waals surface area contributed by atoms with Crippen molar-refractivity contribution in [3.63, 3.8) is 0 Å². The summed E-state index contributed by atoms with van der Waals surface area (Å²) in [6, 6.07) is 12.0. The Balaban J connectivity index is 1.01. The first-order valence-corrected chi connectivity index (χ1v) is 26.5. The monoisotopic (exact) mass is 952 g/mol. The van der Waals surface area contributed by atoms with Crippen LogP contribution in [0.2, 0.25) is 0 Å². The molecule has 0 amide bonds. The Morgan fingerprint density at radius 3 is 2.52 bits per heavy atom. The average molecular weight is 953 g/mol. The lowest BCUT2D eigenvalue weighted by Gasteiger charge is -2.54. The van der Waals surface area contributed by atoms with Gasteiger partial charge < -0.3 is 55.5 Å². The molecule has 0 aromatic heterocycles. The number of benzene rings is 2. The van der Waals surface area contributed by atoms with Crippen molar-refractivity contribution in [2.45, 2.75) is 114 Å². The number of fused-ring (bicyclic) bond motifs is 2. The van der Waals surface area contributed by atoms with Crippen LogP contribution in [0.15, 0.2) is 89.0 Å². The fraction of sp³-hybridized carbons (Fsp3) is 0.558. The van der Waals surface area contributed by atoms with Crippen LogP contribution in [-0.4, -0.2) is 103 Å². The van der Waals surface area contributed by atoms with Gasteiger partial charge in [0.05, 0.1) is 36.4 Å². The van der Waals surface area contributed by atoms with Gasteiger partial charge in [0.15, 0.2) is 11.6 Å². The largest absolute Gasteiger partial charge is 0.511 e. The highest BCUT2D eigenvalue weighted by molar-refractivity contribution is 8.76. The standard InChI is InChI=1S/C52H60N2O11S2/c55-21-30-6-3-5-29(13-30)14-31-15-37-43(59)35-7-4-8-38-42(35)45(61)51(37,40(58)16-31)27-66-67-28-54-41-17-36-32(20-53-41)9-10-33-19-49(24-48(11-1-2-12-48)18-34(49)22-56)25-50(33,36)26-52(63)44(60)39(23-57)65-47(64-38)46(52)62/h3-8,13,15-17,22,33-34,37,39,44,46-47,53-55,57-58,60,62-63H,1-2,9-12,14,18-21,23-28H2/t33-,34+,37-,39-,44-,46+,47-,49+,50-,51+,52+/m1/s1. The fourth-order valence-electron chi connectivity index (χ4n) is 14.8. The average Bonchev–Trinajstić information content (AvgIpc) is 4.01. The van der Waals surface area contributed by atoms with Crippen molar-refractivity contribution in [1.82, 2.24) is 10.6 Å². The molecule has 13 nitrogen and oxygen atoms in total. The van der Waals surface area contributed by atoms with Gasteiger partial charge in [-0.3, -0.25) is 9.59 Å². The van der Waals surface area contributed by atoms with Crippen LogP contribution in [0.5, 0.6) is 5.75 Å². The summed E-state index contributed by atoms with van der Waals surface area (Å²) < 4.78 is 12.6. The minimum Gasteiger partial charge on any atom is -0.511 e. The van der Waals surface area contributed by atoms with E-state index in [0.717, 1.165) is 80.3 Å². The molecule has 1 saturated heterocycles. The molecule has 356 valence electrons. The summed E-state index contributed by atoms with van der Waals surface area (Å²) in [5.74, 6) is -1.40. The maximum atomic E-state index is 15.4. The lowest BCUT2D eigenvalue weighted by atomic mass is 9.57. The molecule has 9 aliphatic rings. The molecule has 0 unspecified atom stereocenters. The summed E-state index contributed by atoms with van der Waals surface area (Å²) >= 11 is 0. The number of ketones is 2. The zero-order valence-electron chi connectivity index (χ0n) is 37.5. The van der Waals surface area contributed by atoms with Crippen molar-refractivity contribution >= 4 is 39.4 Å². The van der Waals surface area contributed by atoms with Crippen LogP contribution in [0.25, 0.3) is 0 Å². The summed E-state index contributed by atoms with van der Waals surface area (Å²) in [6.45, 7) is -0.317. The van der Waals surface area contributed by atoms with Crippen molar-refractivity contribution in [3.8, 4) is 5.75 Å². The minimum atomic E-state index is -2.32. The van der Waals surface area contributed by atoms with E-state index in [1.165, 1.54) is 39.5 Å². The summed E-state index contributed by atoms with van der Waals surface area (Å²) in [7, 11) is 2.82. The first-order chi connectivity index (χ1) is 32.3. The number of rotatable bonds is 5. The van der Waals surface area contributed by atoms with Gasteiger partial charge >= 0.3 is 0 Å². The maximum absolute atomic E-state index is 15.4. The number of aliphatic hydroxyl groups is 6. The second kappa shape index (κ2) is 16.9. The lowest BCUT2D eigenvalue weighted by Crippen LogP contribution is -2.69. The van der Waals surface area contributed by atoms with Gasteiger partial charge in [-0.05, 0) is 127 Å². The van der Waals surface area contributed by atoms with Crippen molar-refractivity contribution in [2.24, 2.45) is 39.4 Å². The number of carbonyl (C=O) groups is 3. The van der Waals surface area contributed by atoms with Gasteiger partial charge in [0.2, 0.25) is 6.29 Å². The van der Waals surface area contributed by atoms with Crippen LogP contribution in [0.3, 0.4) is 0 Å². The fourth-order valence-corrected chi connectivity index (χ4v) is 17.0. The number of nitrogens with one attached hydrogen (secondary N) is 2. The topological polar surface area (TPSA) is 215 Å². The zero-order valence-corrected chi connectivity index (χ0v) is 39.1. The van der Waals surface area contributed by atoms with Gasteiger partial charge in [0, 0.05) is 29.2 Å². The van der Waals surface area contributed by atoms with Crippen molar-refractivity contribution in [2.75, 3.05) is 24.8 Å². The molecule has 4 fully saturated rings. The second-order valence-electron chi connectivity index (χ2n) is 21.2. The van der Waals surface area contributed by atoms with Crippen LogP contribution in [0, 0.1) is 39.4 Å². The molecule has 3 aliphatic heterocycles. The molecular weight excluding hydrogens is 893 g/mol. The van der Waals surface area contributed by atoms with Gasteiger partial charge in [0.1, 0.15) is 47.1 Å². The van der Waals surface area contributed by atoms with E-state index in [2.05, 4.69) is 16.7 Å². The lowest BCUT2D eigenvalue weighted by molar-refractivity contribution is -0.320. The first kappa shape index (κ1) is 45.5. The summed E-state index contributed by atoms with van der Waals surface area (Å²) in [5, 5.41) is 77.8. The molecule has 15 heteroatoms. The maximum Gasteiger partial charge on any atom is 0.229 e. The third kappa shape index (κ3) is 7.06. The molecule has 8 N–H and O–H groups in total. The van der Waals surface area contributed by atoms with E-state index in [1.54, 1.807) is 24.3 Å². The normalized spacial score (nSPS) is 38.6. The molecule has 2 aromatic rings. The number of hydrogen-bond acceptors (Lipinski definition) is 15. The third-order valence-corrected chi connectivity index (χ3v) is 19.9. The van der Waals surface area contributed by atoms with Crippen LogP contribution < -0.4 is 15.4 Å². The Morgan fingerprint density at radius 2 is 1.73 bits per heavy atom. The van der Waals surface area contributed by atoms with Gasteiger partial charge in [-0.25, -0.2) is 0 Å². The zero-order chi connectivity index (χ0) is 46.5. The number of carbonyl (C=O) groups excluding carboxylic acids is 3. The van der Waals surface area contributed by atoms with Crippen molar-refractivity contribution < 1.29 is 54.5 Å². The van der Waals surface area contributed by atoms with Crippen molar-refractivity contribution in [1.29, 1.82) is 0 Å². The minimum absolute atomic E-state index is 0.0139. The Morgan fingerprint density at radius 1 is 0.925 bits per heavy atom. The highest BCUT2D eigenvalue weighted by atomic mass is 33.1. The Hall–Kier alpha value is -3.93. The number of Topliss-reactive ketones (excluding diaryl/α,β-unsaturated/α-hetero) is 2. The quantitative estimate of drug-likeness (QED) is 0.132. The van der Waals surface area contributed by atoms with Crippen LogP contribution in [0.1, 0.15) is 102 Å². The molecule has 0 radical (unpaired) electrons. The first-order valence-electron chi connectivity index (χ1n) is 24.0. The molecule has 3 saturated carbocycles. The van der Waals surface area contributed by atoms with E-state index >= 15 is 4.79 Å². The number of dihydropyridines is 1. The molecule has 2 aromatic carbocycles. The number of ether oxygens (including phenoxy) is 2. The van der Waals surface area contributed by atoms with E-state index < -0.39 is 65.1 Å². The predicted octanol–water partition coefficient (Wildman–Crippen LogP) is 5.75. The molecular formula is C52H60N2O11S2. The van der Waals surface area contributed by atoms with Gasteiger partial charge in [-0.1, -0.05) is 76.9 Å². The molecule has 11 atom stereocenters.